The van der Waals surface area contributed by atoms with Crippen LogP contribution in [0.3, 0.4) is 0 Å². The van der Waals surface area contributed by atoms with Gasteiger partial charge in [0, 0.05) is 5.56 Å². The average Bonchev–Trinajstić information content (AvgIpc) is 2.49. The van der Waals surface area contributed by atoms with Crippen molar-refractivity contribution >= 4 is 0 Å². The Bertz CT molecular complexity index is 614. The summed E-state index contributed by atoms with van der Waals surface area (Å²) in [6, 6.07) is 12.6. The maximum absolute atomic E-state index is 13.9. The van der Waals surface area contributed by atoms with Gasteiger partial charge in [-0.3, -0.25) is 0 Å². The summed E-state index contributed by atoms with van der Waals surface area (Å²) < 4.78 is 13.9. The van der Waals surface area contributed by atoms with Gasteiger partial charge in [0.25, 0.3) is 0 Å². The highest BCUT2D eigenvalue weighted by Gasteiger charge is 2.19. The van der Waals surface area contributed by atoms with Gasteiger partial charge in [-0.1, -0.05) is 62.7 Å². The highest BCUT2D eigenvalue weighted by Crippen LogP contribution is 2.30. The molecule has 2 aromatic rings. The van der Waals surface area contributed by atoms with Crippen LogP contribution in [0, 0.1) is 12.7 Å². The van der Waals surface area contributed by atoms with Crippen LogP contribution >= 0.6 is 0 Å². The Kier molecular flexibility index (Phi) is 4.48. The summed E-state index contributed by atoms with van der Waals surface area (Å²) >= 11 is 0. The van der Waals surface area contributed by atoms with Crippen LogP contribution in [-0.2, 0) is 5.41 Å². The highest BCUT2D eigenvalue weighted by molar-refractivity contribution is 5.36. The van der Waals surface area contributed by atoms with Gasteiger partial charge >= 0.3 is 0 Å². The molecule has 0 aliphatic heterocycles. The van der Waals surface area contributed by atoms with Gasteiger partial charge in [-0.05, 0) is 36.0 Å². The minimum absolute atomic E-state index is 0.109. The maximum Gasteiger partial charge on any atom is 0.129 e. The lowest BCUT2D eigenvalue weighted by atomic mass is 9.81. The first kappa shape index (κ1) is 15.7. The molecule has 1 nitrogen and oxygen atoms in total. The Labute approximate surface area is 126 Å². The summed E-state index contributed by atoms with van der Waals surface area (Å²) in [5.41, 5.74) is 3.32. The molecule has 0 radical (unpaired) electrons. The molecule has 2 heteroatoms. The maximum atomic E-state index is 13.9. The van der Waals surface area contributed by atoms with Gasteiger partial charge < -0.3 is 5.11 Å². The van der Waals surface area contributed by atoms with E-state index in [2.05, 4.69) is 20.8 Å². The van der Waals surface area contributed by atoms with Crippen molar-refractivity contribution in [1.82, 2.24) is 0 Å². The monoisotopic (exact) mass is 286 g/mol. The highest BCUT2D eigenvalue weighted by atomic mass is 19.1. The Morgan fingerprint density at radius 3 is 2.29 bits per heavy atom. The third-order valence-corrected chi connectivity index (χ3v) is 4.34. The van der Waals surface area contributed by atoms with Gasteiger partial charge in [0.2, 0.25) is 0 Å². The molecule has 0 spiro atoms. The molecular formula is C19H23FO. The Morgan fingerprint density at radius 2 is 1.71 bits per heavy atom. The van der Waals surface area contributed by atoms with E-state index in [-0.39, 0.29) is 11.2 Å². The fourth-order valence-corrected chi connectivity index (χ4v) is 2.37. The number of aryl methyl sites for hydroxylation is 1. The molecule has 0 fully saturated rings. The normalized spacial score (nSPS) is 13.2. The van der Waals surface area contributed by atoms with Crippen molar-refractivity contribution in [3.05, 3.63) is 70.5 Å². The second-order valence-corrected chi connectivity index (χ2v) is 6.29. The van der Waals surface area contributed by atoms with Crippen LogP contribution in [0.4, 0.5) is 4.39 Å². The number of hydrogen-bond acceptors (Lipinski definition) is 1. The van der Waals surface area contributed by atoms with E-state index in [1.54, 1.807) is 12.1 Å². The van der Waals surface area contributed by atoms with Crippen molar-refractivity contribution in [3.8, 4) is 0 Å². The van der Waals surface area contributed by atoms with Crippen LogP contribution in [-0.4, -0.2) is 5.11 Å². The van der Waals surface area contributed by atoms with E-state index in [9.17, 15) is 9.50 Å². The molecule has 0 aromatic heterocycles. The molecule has 112 valence electrons. The zero-order valence-electron chi connectivity index (χ0n) is 13.2. The first-order chi connectivity index (χ1) is 9.85. The number of aliphatic hydroxyl groups is 1. The molecule has 0 heterocycles. The van der Waals surface area contributed by atoms with E-state index in [4.69, 9.17) is 0 Å². The first-order valence-electron chi connectivity index (χ1n) is 7.39. The van der Waals surface area contributed by atoms with Crippen molar-refractivity contribution in [2.75, 3.05) is 0 Å². The fraction of sp³-hybridized carbons (Fsp3) is 0.368. The SMILES string of the molecule is CCC(C)(C)c1ccc(C(O)c2cc(C)ccc2F)cc1. The van der Waals surface area contributed by atoms with E-state index in [1.165, 1.54) is 11.6 Å². The molecule has 0 saturated carbocycles. The van der Waals surface area contributed by atoms with Crippen molar-refractivity contribution in [1.29, 1.82) is 0 Å². The van der Waals surface area contributed by atoms with Gasteiger partial charge in [0.05, 0.1) is 0 Å². The predicted molar refractivity (Wildman–Crippen MR) is 85.0 cm³/mol. The molecule has 1 N–H and O–H groups in total. The molecule has 2 rings (SSSR count). The fourth-order valence-electron chi connectivity index (χ4n) is 2.37. The van der Waals surface area contributed by atoms with Gasteiger partial charge in [0.15, 0.2) is 0 Å². The first-order valence-corrected chi connectivity index (χ1v) is 7.39. The quantitative estimate of drug-likeness (QED) is 0.847. The van der Waals surface area contributed by atoms with Crippen LogP contribution in [0.1, 0.15) is 55.5 Å². The molecule has 1 unspecified atom stereocenters. The molecule has 0 aliphatic carbocycles. The van der Waals surface area contributed by atoms with E-state index in [0.717, 1.165) is 17.5 Å². The Morgan fingerprint density at radius 1 is 1.10 bits per heavy atom. The lowest BCUT2D eigenvalue weighted by Gasteiger charge is -2.24. The minimum Gasteiger partial charge on any atom is -0.384 e. The second-order valence-electron chi connectivity index (χ2n) is 6.29. The number of rotatable bonds is 4. The van der Waals surface area contributed by atoms with Gasteiger partial charge in [-0.2, -0.15) is 0 Å². The molecule has 21 heavy (non-hydrogen) atoms. The van der Waals surface area contributed by atoms with E-state index in [1.807, 2.05) is 31.2 Å². The molecule has 0 saturated heterocycles. The smallest absolute Gasteiger partial charge is 0.129 e. The van der Waals surface area contributed by atoms with Crippen LogP contribution in [0.2, 0.25) is 0 Å². The predicted octanol–water partition coefficient (Wildman–Crippen LogP) is 4.90. The lowest BCUT2D eigenvalue weighted by molar-refractivity contribution is 0.215. The summed E-state index contributed by atoms with van der Waals surface area (Å²) in [5, 5.41) is 10.4. The largest absolute Gasteiger partial charge is 0.384 e. The number of hydrogen-bond donors (Lipinski definition) is 1. The van der Waals surface area contributed by atoms with Crippen molar-refractivity contribution in [2.24, 2.45) is 0 Å². The average molecular weight is 286 g/mol. The molecular weight excluding hydrogens is 263 g/mol. The van der Waals surface area contributed by atoms with Crippen LogP contribution in [0.5, 0.6) is 0 Å². The second kappa shape index (κ2) is 5.98. The van der Waals surface area contributed by atoms with Gasteiger partial charge in [0.1, 0.15) is 11.9 Å². The van der Waals surface area contributed by atoms with Crippen LogP contribution in [0.25, 0.3) is 0 Å². The van der Waals surface area contributed by atoms with Gasteiger partial charge in [-0.15, -0.1) is 0 Å². The summed E-state index contributed by atoms with van der Waals surface area (Å²) in [4.78, 5) is 0. The summed E-state index contributed by atoms with van der Waals surface area (Å²) in [6.07, 6.45) is 0.116. The molecule has 0 bridgehead atoms. The zero-order valence-corrected chi connectivity index (χ0v) is 13.2. The lowest BCUT2D eigenvalue weighted by Crippen LogP contribution is -2.15. The van der Waals surface area contributed by atoms with E-state index in [0.29, 0.717) is 5.56 Å². The minimum atomic E-state index is -0.927. The summed E-state index contributed by atoms with van der Waals surface area (Å²) in [6.45, 7) is 8.44. The van der Waals surface area contributed by atoms with Crippen LogP contribution < -0.4 is 0 Å². The number of aliphatic hydroxyl groups excluding tert-OH is 1. The van der Waals surface area contributed by atoms with E-state index >= 15 is 0 Å². The molecule has 0 amide bonds. The third kappa shape index (κ3) is 3.33. The van der Waals surface area contributed by atoms with Gasteiger partial charge in [-0.25, -0.2) is 4.39 Å². The third-order valence-electron chi connectivity index (χ3n) is 4.34. The number of benzene rings is 2. The van der Waals surface area contributed by atoms with Crippen molar-refractivity contribution in [3.63, 3.8) is 0 Å². The molecule has 1 atom stereocenters. The van der Waals surface area contributed by atoms with Crippen LogP contribution in [0.15, 0.2) is 42.5 Å². The molecule has 2 aromatic carbocycles. The van der Waals surface area contributed by atoms with E-state index < -0.39 is 6.10 Å². The van der Waals surface area contributed by atoms with Crippen molar-refractivity contribution in [2.45, 2.75) is 45.6 Å². The zero-order chi connectivity index (χ0) is 15.6. The summed E-state index contributed by atoms with van der Waals surface area (Å²) in [7, 11) is 0. The standard InChI is InChI=1S/C19H23FO/c1-5-19(3,4)15-9-7-14(8-10-15)18(21)16-12-13(2)6-11-17(16)20/h6-12,18,21H,5H2,1-4H3. The summed E-state index contributed by atoms with van der Waals surface area (Å²) in [5.74, 6) is -0.369. The number of halogens is 1. The van der Waals surface area contributed by atoms with Crippen molar-refractivity contribution < 1.29 is 9.50 Å². The Balaban J connectivity index is 2.32. The Hall–Kier alpha value is -1.67. The molecule has 0 aliphatic rings. The topological polar surface area (TPSA) is 20.2 Å².